The Morgan fingerprint density at radius 1 is 1.21 bits per heavy atom. The number of nitrogens with zero attached hydrogens (tertiary/aromatic N) is 3. The third-order valence-electron chi connectivity index (χ3n) is 6.97. The lowest BCUT2D eigenvalue weighted by Crippen LogP contribution is -2.39. The summed E-state index contributed by atoms with van der Waals surface area (Å²) in [6, 6.07) is 7.47. The molecule has 2 aliphatic heterocycles. The van der Waals surface area contributed by atoms with Gasteiger partial charge in [-0.3, -0.25) is 9.52 Å². The van der Waals surface area contributed by atoms with Crippen molar-refractivity contribution in [2.45, 2.75) is 64.5 Å². The van der Waals surface area contributed by atoms with Gasteiger partial charge in [-0.05, 0) is 75.1 Å². The van der Waals surface area contributed by atoms with Gasteiger partial charge in [-0.25, -0.2) is 13.1 Å². The quantitative estimate of drug-likeness (QED) is 0.632. The van der Waals surface area contributed by atoms with E-state index in [0.29, 0.717) is 23.7 Å². The Kier molecular flexibility index (Phi) is 5.91. The lowest BCUT2D eigenvalue weighted by molar-refractivity contribution is 0.0606. The number of aromatic nitrogens is 2. The van der Waals surface area contributed by atoms with Gasteiger partial charge in [-0.2, -0.15) is 5.10 Å². The van der Waals surface area contributed by atoms with E-state index in [1.54, 1.807) is 6.07 Å². The maximum Gasteiger partial charge on any atom is 0.256 e. The van der Waals surface area contributed by atoms with E-state index in [1.165, 1.54) is 18.5 Å². The van der Waals surface area contributed by atoms with E-state index in [2.05, 4.69) is 29.1 Å². The number of likely N-dealkylation sites (tertiary alicyclic amines) is 1. The van der Waals surface area contributed by atoms with E-state index in [1.807, 2.05) is 28.6 Å². The van der Waals surface area contributed by atoms with Gasteiger partial charge < -0.3 is 10.2 Å². The topological polar surface area (TPSA) is 96.3 Å². The first-order valence-electron chi connectivity index (χ1n) is 12.2. The fraction of sp³-hybridized carbons (Fsp3) is 0.520. The molecule has 2 atom stereocenters. The van der Waals surface area contributed by atoms with Crippen LogP contribution in [-0.2, 0) is 16.4 Å². The maximum atomic E-state index is 13.8. The lowest BCUT2D eigenvalue weighted by atomic mass is 9.97. The zero-order chi connectivity index (χ0) is 24.0. The number of aryl methyl sites for hydroxylation is 1. The van der Waals surface area contributed by atoms with Crippen molar-refractivity contribution >= 4 is 27.4 Å². The molecule has 0 radical (unpaired) electrons. The number of fused-ring (bicyclic) bond motifs is 1. The molecule has 1 saturated carbocycles. The molecule has 2 N–H and O–H groups in total. The highest BCUT2D eigenvalue weighted by Gasteiger charge is 2.35. The summed E-state index contributed by atoms with van der Waals surface area (Å²) >= 11 is 0. The minimum absolute atomic E-state index is 0.144. The van der Waals surface area contributed by atoms with Crippen LogP contribution in [0, 0.1) is 5.92 Å². The number of sulfonamides is 1. The van der Waals surface area contributed by atoms with Crippen LogP contribution < -0.4 is 10.0 Å². The van der Waals surface area contributed by atoms with Crippen molar-refractivity contribution in [3.8, 4) is 0 Å². The van der Waals surface area contributed by atoms with E-state index < -0.39 is 10.0 Å². The third-order valence-corrected chi connectivity index (χ3v) is 7.56. The molecule has 34 heavy (non-hydrogen) atoms. The minimum atomic E-state index is -3.52. The number of benzene rings is 1. The summed E-state index contributed by atoms with van der Waals surface area (Å²) in [5.41, 5.74) is 3.88. The van der Waals surface area contributed by atoms with Gasteiger partial charge >= 0.3 is 0 Å². The van der Waals surface area contributed by atoms with Crippen LogP contribution >= 0.6 is 0 Å². The molecule has 0 spiro atoms. The summed E-state index contributed by atoms with van der Waals surface area (Å²) in [6.07, 6.45) is 9.36. The van der Waals surface area contributed by atoms with Gasteiger partial charge in [0.15, 0.2) is 0 Å². The molecule has 3 aliphatic rings. The van der Waals surface area contributed by atoms with Crippen molar-refractivity contribution in [2.75, 3.05) is 22.8 Å². The van der Waals surface area contributed by atoms with Crippen LogP contribution in [0.4, 0.5) is 11.5 Å². The van der Waals surface area contributed by atoms with Crippen LogP contribution in [0.3, 0.4) is 0 Å². The number of carbonyl (C=O) groups excluding carboxylic acids is 1. The SMILES string of the molecule is CCc1ccc(NS(C)(=O)=O)c(C(=O)N2CCCC[C@H]2c2cc3n(n2)C(C)C=C(C2CC2)N3)c1. The first kappa shape index (κ1) is 23.0. The molecule has 3 heterocycles. The van der Waals surface area contributed by atoms with Gasteiger partial charge in [-0.15, -0.1) is 0 Å². The second-order valence-corrected chi connectivity index (χ2v) is 11.5. The minimum Gasteiger partial charge on any atom is -0.344 e. The van der Waals surface area contributed by atoms with Crippen LogP contribution in [-0.4, -0.2) is 41.8 Å². The highest BCUT2D eigenvalue weighted by molar-refractivity contribution is 7.92. The predicted octanol–water partition coefficient (Wildman–Crippen LogP) is 4.46. The Labute approximate surface area is 201 Å². The number of hydrogen-bond donors (Lipinski definition) is 2. The van der Waals surface area contributed by atoms with E-state index in [0.717, 1.165) is 49.0 Å². The summed E-state index contributed by atoms with van der Waals surface area (Å²) in [7, 11) is -3.52. The smallest absolute Gasteiger partial charge is 0.256 e. The number of piperidine rings is 1. The fourth-order valence-corrected chi connectivity index (χ4v) is 5.62. The average molecular weight is 484 g/mol. The highest BCUT2D eigenvalue weighted by Crippen LogP contribution is 2.41. The monoisotopic (exact) mass is 483 g/mol. The van der Waals surface area contributed by atoms with Gasteiger partial charge in [0.25, 0.3) is 5.91 Å². The molecule has 1 unspecified atom stereocenters. The van der Waals surface area contributed by atoms with Crippen LogP contribution in [0.25, 0.3) is 0 Å². The van der Waals surface area contributed by atoms with Gasteiger partial charge in [0.05, 0.1) is 35.3 Å². The van der Waals surface area contributed by atoms with Gasteiger partial charge in [0.2, 0.25) is 10.0 Å². The maximum absolute atomic E-state index is 13.8. The number of anilines is 2. The zero-order valence-corrected chi connectivity index (χ0v) is 20.9. The molecular formula is C25H33N5O3S. The number of carbonyl (C=O) groups is 1. The number of amides is 1. The standard InChI is InChI=1S/C25H33N5O3S/c1-4-17-8-11-20(28-34(3,32)33)19(14-17)25(31)29-12-6-5-7-23(29)22-15-24-26-21(18-9-10-18)13-16(2)30(24)27-22/h8,11,13-16,18,23,26,28H,4-7,9-10,12H2,1-3H3/t16?,23-/m0/s1. The Morgan fingerprint density at radius 2 is 2.00 bits per heavy atom. The normalized spacial score (nSPS) is 22.6. The van der Waals surface area contributed by atoms with Crippen molar-refractivity contribution in [1.82, 2.24) is 14.7 Å². The molecule has 9 heteroatoms. The third kappa shape index (κ3) is 4.58. The molecule has 2 fully saturated rings. The van der Waals surface area contributed by atoms with E-state index in [-0.39, 0.29) is 18.0 Å². The molecule has 1 aliphatic carbocycles. The van der Waals surface area contributed by atoms with Crippen molar-refractivity contribution in [3.05, 3.63) is 52.9 Å². The fourth-order valence-electron chi connectivity index (χ4n) is 5.05. The van der Waals surface area contributed by atoms with Crippen LogP contribution in [0.5, 0.6) is 0 Å². The molecule has 0 bridgehead atoms. The first-order valence-corrected chi connectivity index (χ1v) is 14.1. The van der Waals surface area contributed by atoms with Crippen molar-refractivity contribution in [1.29, 1.82) is 0 Å². The number of allylic oxidation sites excluding steroid dienone is 2. The second-order valence-electron chi connectivity index (χ2n) is 9.78. The number of nitrogens with one attached hydrogen (secondary N) is 2. The lowest BCUT2D eigenvalue weighted by Gasteiger charge is -2.35. The summed E-state index contributed by atoms with van der Waals surface area (Å²) in [6.45, 7) is 4.78. The van der Waals surface area contributed by atoms with E-state index in [4.69, 9.17) is 5.10 Å². The molecule has 1 aromatic heterocycles. The van der Waals surface area contributed by atoms with Gasteiger partial charge in [0.1, 0.15) is 5.82 Å². The van der Waals surface area contributed by atoms with E-state index in [9.17, 15) is 13.2 Å². The van der Waals surface area contributed by atoms with Crippen molar-refractivity contribution < 1.29 is 13.2 Å². The largest absolute Gasteiger partial charge is 0.344 e. The van der Waals surface area contributed by atoms with Gasteiger partial charge in [-0.1, -0.05) is 13.0 Å². The predicted molar refractivity (Wildman–Crippen MR) is 133 cm³/mol. The molecule has 1 saturated heterocycles. The molecule has 2 aromatic rings. The molecule has 1 aromatic carbocycles. The molecule has 1 amide bonds. The zero-order valence-electron chi connectivity index (χ0n) is 20.0. The summed E-state index contributed by atoms with van der Waals surface area (Å²) in [5.74, 6) is 1.46. The Balaban J connectivity index is 1.46. The van der Waals surface area contributed by atoms with Crippen molar-refractivity contribution in [2.24, 2.45) is 5.92 Å². The van der Waals surface area contributed by atoms with Crippen LogP contribution in [0.2, 0.25) is 0 Å². The Bertz CT molecular complexity index is 1250. The number of rotatable bonds is 6. The molecule has 5 rings (SSSR count). The highest BCUT2D eigenvalue weighted by atomic mass is 32.2. The Morgan fingerprint density at radius 3 is 2.71 bits per heavy atom. The Hall–Kier alpha value is -2.81. The van der Waals surface area contributed by atoms with Crippen molar-refractivity contribution in [3.63, 3.8) is 0 Å². The molecule has 8 nitrogen and oxygen atoms in total. The first-order chi connectivity index (χ1) is 16.2. The van der Waals surface area contributed by atoms with Crippen LogP contribution in [0.1, 0.15) is 79.7 Å². The van der Waals surface area contributed by atoms with Crippen LogP contribution in [0.15, 0.2) is 36.0 Å². The molecular weight excluding hydrogens is 450 g/mol. The summed E-state index contributed by atoms with van der Waals surface area (Å²) in [4.78, 5) is 15.7. The summed E-state index contributed by atoms with van der Waals surface area (Å²) in [5, 5.41) is 8.47. The van der Waals surface area contributed by atoms with Gasteiger partial charge in [0, 0.05) is 18.3 Å². The molecule has 182 valence electrons. The van der Waals surface area contributed by atoms with E-state index >= 15 is 0 Å². The summed E-state index contributed by atoms with van der Waals surface area (Å²) < 4.78 is 28.4. The second kappa shape index (κ2) is 8.76. The average Bonchev–Trinajstić information content (AvgIpc) is 3.57. The number of hydrogen-bond acceptors (Lipinski definition) is 5.